The van der Waals surface area contributed by atoms with Crippen molar-refractivity contribution in [3.63, 3.8) is 0 Å². The molecule has 0 atom stereocenters. The van der Waals surface area contributed by atoms with E-state index in [1.807, 2.05) is 18.3 Å². The quantitative estimate of drug-likeness (QED) is 0.495. The van der Waals surface area contributed by atoms with Gasteiger partial charge in [-0.1, -0.05) is 13.8 Å². The molecule has 0 bridgehead atoms. The molecule has 2 rings (SSSR count). The van der Waals surface area contributed by atoms with E-state index < -0.39 is 0 Å². The van der Waals surface area contributed by atoms with Crippen LogP contribution >= 0.6 is 15.9 Å². The van der Waals surface area contributed by atoms with Crippen molar-refractivity contribution in [1.82, 2.24) is 4.98 Å². The molecule has 0 spiro atoms. The number of nitrogens with one attached hydrogen (secondary N) is 1. The zero-order chi connectivity index (χ0) is 15.9. The second kappa shape index (κ2) is 10.0. The number of aryl methyl sites for hydroxylation is 1. The van der Waals surface area contributed by atoms with Crippen molar-refractivity contribution in [1.29, 1.82) is 0 Å². The summed E-state index contributed by atoms with van der Waals surface area (Å²) < 4.78 is 3.33. The minimum absolute atomic E-state index is 0. The van der Waals surface area contributed by atoms with Gasteiger partial charge in [0.15, 0.2) is 5.69 Å². The lowest BCUT2D eigenvalue weighted by Gasteiger charge is -2.06. The maximum atomic E-state index is 4.29. The van der Waals surface area contributed by atoms with Crippen molar-refractivity contribution >= 4 is 27.8 Å². The van der Waals surface area contributed by atoms with Gasteiger partial charge in [0.05, 0.1) is 0 Å². The summed E-state index contributed by atoms with van der Waals surface area (Å²) in [4.78, 5) is 4.29. The van der Waals surface area contributed by atoms with Crippen LogP contribution in [0, 0.1) is 12.8 Å². The molecule has 0 saturated heterocycles. The smallest absolute Gasteiger partial charge is 0.206 e. The molecule has 0 fully saturated rings. The van der Waals surface area contributed by atoms with Gasteiger partial charge in [-0.05, 0) is 40.0 Å². The van der Waals surface area contributed by atoms with Crippen molar-refractivity contribution in [2.45, 2.75) is 33.7 Å². The number of rotatable bonds is 6. The third kappa shape index (κ3) is 6.59. The van der Waals surface area contributed by atoms with Crippen molar-refractivity contribution in [3.8, 4) is 0 Å². The fraction of sp³-hybridized carbons (Fsp3) is 0.333. The first-order valence-electron chi connectivity index (χ1n) is 7.60. The Morgan fingerprint density at radius 3 is 2.70 bits per heavy atom. The normalized spacial score (nSPS) is 10.8. The molecule has 0 radical (unpaired) electrons. The molecule has 124 valence electrons. The molecule has 23 heavy (non-hydrogen) atoms. The second-order valence-corrected chi connectivity index (χ2v) is 6.68. The van der Waals surface area contributed by atoms with Crippen LogP contribution in [-0.2, 0) is 6.54 Å². The minimum Gasteiger partial charge on any atom is -1.00 e. The van der Waals surface area contributed by atoms with Crippen LogP contribution < -0.4 is 33.9 Å². The fourth-order valence-electron chi connectivity index (χ4n) is 2.18. The fourth-order valence-corrected chi connectivity index (χ4v) is 2.42. The van der Waals surface area contributed by atoms with Gasteiger partial charge in [0, 0.05) is 48.4 Å². The molecule has 3 nitrogen and oxygen atoms in total. The number of hydrogen-bond acceptors (Lipinski definition) is 2. The first-order valence-corrected chi connectivity index (χ1v) is 8.39. The molecule has 2 aromatic heterocycles. The number of halogens is 2. The Morgan fingerprint density at radius 2 is 2.04 bits per heavy atom. The maximum absolute atomic E-state index is 4.29. The van der Waals surface area contributed by atoms with Crippen molar-refractivity contribution in [2.24, 2.45) is 5.92 Å². The number of pyridine rings is 2. The summed E-state index contributed by atoms with van der Waals surface area (Å²) in [6.07, 6.45) is 7.00. The molecule has 0 aliphatic heterocycles. The number of hydrogen-bond donors (Lipinski definition) is 1. The molecular formula is C18H23BrIN3. The van der Waals surface area contributed by atoms with E-state index >= 15 is 0 Å². The van der Waals surface area contributed by atoms with Gasteiger partial charge < -0.3 is 29.3 Å². The van der Waals surface area contributed by atoms with E-state index in [2.05, 4.69) is 75.8 Å². The SMILES string of the molecule is Cc1cccc(/C=C/Nc2ccc(Br)cn2)[n+]1CCC(C)C.[I-]. The van der Waals surface area contributed by atoms with E-state index in [-0.39, 0.29) is 24.0 Å². The summed E-state index contributed by atoms with van der Waals surface area (Å²) in [6, 6.07) is 10.3. The Hall–Kier alpha value is -0.950. The molecular weight excluding hydrogens is 465 g/mol. The summed E-state index contributed by atoms with van der Waals surface area (Å²) in [6.45, 7) is 7.71. The van der Waals surface area contributed by atoms with E-state index in [1.54, 1.807) is 6.20 Å². The third-order valence-electron chi connectivity index (χ3n) is 3.48. The van der Waals surface area contributed by atoms with Crippen LogP contribution in [0.25, 0.3) is 6.08 Å². The zero-order valence-corrected chi connectivity index (χ0v) is 17.5. The molecule has 0 amide bonds. The third-order valence-corrected chi connectivity index (χ3v) is 3.95. The van der Waals surface area contributed by atoms with Crippen LogP contribution in [0.15, 0.2) is 47.2 Å². The Labute approximate surface area is 164 Å². The standard InChI is InChI=1S/C18H22BrN3.HI/c1-14(2)10-12-22-15(3)5-4-6-17(22)9-11-20-18-8-7-16(19)13-21-18;/h4-9,11,13-14H,10,12H2,1-3H3;1H. The average Bonchev–Trinajstić information content (AvgIpc) is 2.48. The van der Waals surface area contributed by atoms with Gasteiger partial charge in [-0.15, -0.1) is 0 Å². The first kappa shape index (κ1) is 20.1. The lowest BCUT2D eigenvalue weighted by atomic mass is 10.1. The predicted molar refractivity (Wildman–Crippen MR) is 95.4 cm³/mol. The Morgan fingerprint density at radius 1 is 1.26 bits per heavy atom. The summed E-state index contributed by atoms with van der Waals surface area (Å²) >= 11 is 3.39. The molecule has 0 aliphatic carbocycles. The highest BCUT2D eigenvalue weighted by Crippen LogP contribution is 2.10. The largest absolute Gasteiger partial charge is 1.00 e. The lowest BCUT2D eigenvalue weighted by Crippen LogP contribution is -3.00. The summed E-state index contributed by atoms with van der Waals surface area (Å²) in [5.41, 5.74) is 2.48. The van der Waals surface area contributed by atoms with Crippen LogP contribution in [0.3, 0.4) is 0 Å². The highest BCUT2D eigenvalue weighted by molar-refractivity contribution is 9.10. The van der Waals surface area contributed by atoms with Gasteiger partial charge >= 0.3 is 0 Å². The van der Waals surface area contributed by atoms with Gasteiger partial charge in [-0.3, -0.25) is 0 Å². The molecule has 2 heterocycles. The van der Waals surface area contributed by atoms with Crippen LogP contribution in [-0.4, -0.2) is 4.98 Å². The monoisotopic (exact) mass is 487 g/mol. The van der Waals surface area contributed by atoms with Crippen LogP contribution in [0.2, 0.25) is 0 Å². The van der Waals surface area contributed by atoms with E-state index in [9.17, 15) is 0 Å². The van der Waals surface area contributed by atoms with E-state index in [4.69, 9.17) is 0 Å². The summed E-state index contributed by atoms with van der Waals surface area (Å²) in [5.74, 6) is 1.54. The molecule has 0 aliphatic rings. The Bertz CT molecular complexity index is 639. The first-order chi connectivity index (χ1) is 10.6. The molecule has 5 heteroatoms. The molecule has 0 aromatic carbocycles. The number of anilines is 1. The van der Waals surface area contributed by atoms with Gasteiger partial charge in [-0.25, -0.2) is 4.98 Å². The maximum Gasteiger partial charge on any atom is 0.206 e. The van der Waals surface area contributed by atoms with Gasteiger partial charge in [0.25, 0.3) is 0 Å². The van der Waals surface area contributed by atoms with Crippen molar-refractivity contribution in [3.05, 3.63) is 58.6 Å². The molecule has 1 N–H and O–H groups in total. The molecule has 0 saturated carbocycles. The van der Waals surface area contributed by atoms with Crippen molar-refractivity contribution in [2.75, 3.05) is 5.32 Å². The van der Waals surface area contributed by atoms with Crippen LogP contribution in [0.4, 0.5) is 5.82 Å². The van der Waals surface area contributed by atoms with E-state index in [1.165, 1.54) is 17.8 Å². The number of aromatic nitrogens is 2. The van der Waals surface area contributed by atoms with Gasteiger partial charge in [0.2, 0.25) is 5.69 Å². The van der Waals surface area contributed by atoms with Gasteiger partial charge in [0.1, 0.15) is 12.4 Å². The van der Waals surface area contributed by atoms with E-state index in [0.29, 0.717) is 5.92 Å². The second-order valence-electron chi connectivity index (χ2n) is 5.77. The summed E-state index contributed by atoms with van der Waals surface area (Å²) in [5, 5.41) is 3.21. The minimum atomic E-state index is 0. The zero-order valence-electron chi connectivity index (χ0n) is 13.8. The lowest BCUT2D eigenvalue weighted by molar-refractivity contribution is -0.705. The van der Waals surface area contributed by atoms with Crippen LogP contribution in [0.1, 0.15) is 31.7 Å². The van der Waals surface area contributed by atoms with Crippen molar-refractivity contribution < 1.29 is 28.5 Å². The Balaban J connectivity index is 0.00000264. The van der Waals surface area contributed by atoms with Crippen LogP contribution in [0.5, 0.6) is 0 Å². The molecule has 0 unspecified atom stereocenters. The highest BCUT2D eigenvalue weighted by Gasteiger charge is 2.11. The Kier molecular flexibility index (Phi) is 8.76. The average molecular weight is 488 g/mol. The predicted octanol–water partition coefficient (Wildman–Crippen LogP) is 1.57. The summed E-state index contributed by atoms with van der Waals surface area (Å²) in [7, 11) is 0. The molecule has 2 aromatic rings. The topological polar surface area (TPSA) is 28.8 Å². The van der Waals surface area contributed by atoms with Gasteiger partial charge in [-0.2, -0.15) is 4.57 Å². The number of nitrogens with zero attached hydrogens (tertiary/aromatic N) is 2. The van der Waals surface area contributed by atoms with E-state index in [0.717, 1.165) is 16.8 Å². The highest BCUT2D eigenvalue weighted by atomic mass is 127.